The second-order valence-corrected chi connectivity index (χ2v) is 18.0. The standard InChI is InChI=1S/C47H50F3N7O5/c48-47(49,50)40-26-36(6-3-33(40)28-51)56-20-15-46(30-56)13-18-55(19-14-46)43(60)32-1-4-34(5-2-32)54-23-21-52(22-24-54)29-31-11-16-53(17-12-31)35-7-9-38-39(25-35)45(62)57(44(38)61)41-10-8-37(58)27-42(41)59/h1-7,9,25-26,31,41H,8,10-24,27,29-30H2. The molecule has 3 aromatic carbocycles. The Hall–Kier alpha value is -5.75. The molecule has 4 saturated heterocycles. The lowest BCUT2D eigenvalue weighted by atomic mass is 9.77. The molecule has 3 amide bonds. The predicted molar refractivity (Wildman–Crippen MR) is 225 cm³/mol. The van der Waals surface area contributed by atoms with Crippen molar-refractivity contribution in [3.8, 4) is 6.07 Å². The van der Waals surface area contributed by atoms with Gasteiger partial charge in [-0.25, -0.2) is 0 Å². The number of nitriles is 1. The fourth-order valence-electron chi connectivity index (χ4n) is 10.6. The third-order valence-electron chi connectivity index (χ3n) is 14.3. The molecule has 1 unspecified atom stereocenters. The molecule has 5 heterocycles. The normalized spacial score (nSPS) is 22.5. The molecule has 1 spiro atoms. The van der Waals surface area contributed by atoms with E-state index in [0.29, 0.717) is 54.5 Å². The van der Waals surface area contributed by atoms with Gasteiger partial charge in [-0.3, -0.25) is 33.8 Å². The number of amides is 3. The zero-order valence-corrected chi connectivity index (χ0v) is 34.7. The van der Waals surface area contributed by atoms with Gasteiger partial charge in [-0.15, -0.1) is 0 Å². The first-order chi connectivity index (χ1) is 29.8. The third-order valence-corrected chi connectivity index (χ3v) is 14.3. The number of carbonyl (C=O) groups is 5. The molecular formula is C47H50F3N7O5. The first-order valence-corrected chi connectivity index (χ1v) is 21.8. The maximum absolute atomic E-state index is 13.6. The van der Waals surface area contributed by atoms with Gasteiger partial charge in [0.05, 0.1) is 40.8 Å². The first-order valence-electron chi connectivity index (χ1n) is 21.8. The van der Waals surface area contributed by atoms with Crippen LogP contribution in [0.25, 0.3) is 0 Å². The van der Waals surface area contributed by atoms with Crippen LogP contribution in [0.4, 0.5) is 30.2 Å². The van der Waals surface area contributed by atoms with Gasteiger partial charge < -0.3 is 19.6 Å². The number of imide groups is 1. The van der Waals surface area contributed by atoms with Crippen molar-refractivity contribution < 1.29 is 37.1 Å². The van der Waals surface area contributed by atoms with Gasteiger partial charge in [-0.1, -0.05) is 0 Å². The van der Waals surface area contributed by atoms with Gasteiger partial charge in [0.1, 0.15) is 5.78 Å². The summed E-state index contributed by atoms with van der Waals surface area (Å²) in [5.41, 5.74) is 2.42. The molecule has 1 saturated carbocycles. The van der Waals surface area contributed by atoms with Gasteiger partial charge in [-0.05, 0) is 111 Å². The van der Waals surface area contributed by atoms with Crippen molar-refractivity contribution in [3.63, 3.8) is 0 Å². The van der Waals surface area contributed by atoms with E-state index >= 15 is 0 Å². The minimum atomic E-state index is -4.60. The molecule has 1 atom stereocenters. The fourth-order valence-corrected chi connectivity index (χ4v) is 10.6. The molecule has 3 aromatic rings. The van der Waals surface area contributed by atoms with Gasteiger partial charge in [-0.2, -0.15) is 18.4 Å². The number of piperazine rings is 1. The number of Topliss-reactive ketones (excluding diaryl/α,β-unsaturated/α-hetero) is 2. The van der Waals surface area contributed by atoms with Crippen LogP contribution in [0.2, 0.25) is 0 Å². The number of hydrogen-bond donors (Lipinski definition) is 0. The molecule has 62 heavy (non-hydrogen) atoms. The number of carbonyl (C=O) groups excluding carboxylic acids is 5. The molecule has 324 valence electrons. The monoisotopic (exact) mass is 849 g/mol. The summed E-state index contributed by atoms with van der Waals surface area (Å²) in [6.45, 7) is 8.83. The summed E-state index contributed by atoms with van der Waals surface area (Å²) in [4.78, 5) is 76.5. The maximum atomic E-state index is 13.6. The predicted octanol–water partition coefficient (Wildman–Crippen LogP) is 6.04. The maximum Gasteiger partial charge on any atom is 0.417 e. The summed E-state index contributed by atoms with van der Waals surface area (Å²) in [6, 6.07) is 18.0. The molecule has 12 nitrogen and oxygen atoms in total. The molecule has 6 aliphatic rings. The van der Waals surface area contributed by atoms with Crippen LogP contribution in [0.3, 0.4) is 0 Å². The topological polar surface area (TPSA) is 129 Å². The Labute approximate surface area is 358 Å². The van der Waals surface area contributed by atoms with E-state index in [4.69, 9.17) is 0 Å². The van der Waals surface area contributed by atoms with Crippen LogP contribution in [0.15, 0.2) is 60.7 Å². The number of benzene rings is 3. The number of piperidine rings is 2. The van der Waals surface area contributed by atoms with E-state index in [1.54, 1.807) is 24.3 Å². The molecule has 0 aromatic heterocycles. The Balaban J connectivity index is 0.714. The molecule has 15 heteroatoms. The van der Waals surface area contributed by atoms with Gasteiger partial charge in [0, 0.05) is 101 Å². The van der Waals surface area contributed by atoms with Gasteiger partial charge in [0.2, 0.25) is 0 Å². The Kier molecular flexibility index (Phi) is 11.1. The van der Waals surface area contributed by atoms with E-state index in [0.717, 1.165) is 100 Å². The lowest BCUT2D eigenvalue weighted by Crippen LogP contribution is -2.49. The van der Waals surface area contributed by atoms with Crippen LogP contribution >= 0.6 is 0 Å². The van der Waals surface area contributed by atoms with Crippen LogP contribution in [0.1, 0.15) is 93.6 Å². The average Bonchev–Trinajstić information content (AvgIpc) is 3.80. The second-order valence-electron chi connectivity index (χ2n) is 18.0. The highest BCUT2D eigenvalue weighted by molar-refractivity contribution is 6.24. The number of hydrogen-bond acceptors (Lipinski definition) is 10. The zero-order chi connectivity index (χ0) is 43.3. The van der Waals surface area contributed by atoms with E-state index in [-0.39, 0.29) is 47.7 Å². The van der Waals surface area contributed by atoms with E-state index in [1.807, 2.05) is 40.1 Å². The number of likely N-dealkylation sites (tertiary alicyclic amines) is 1. The highest BCUT2D eigenvalue weighted by Gasteiger charge is 2.45. The minimum Gasteiger partial charge on any atom is -0.371 e. The number of anilines is 3. The summed E-state index contributed by atoms with van der Waals surface area (Å²) in [7, 11) is 0. The molecule has 0 radical (unpaired) electrons. The molecular weight excluding hydrogens is 800 g/mol. The molecule has 5 fully saturated rings. The van der Waals surface area contributed by atoms with E-state index < -0.39 is 29.6 Å². The molecule has 0 N–H and O–H groups in total. The summed E-state index contributed by atoms with van der Waals surface area (Å²) in [5, 5.41) is 9.18. The van der Waals surface area contributed by atoms with Crippen molar-refractivity contribution in [2.45, 2.75) is 63.6 Å². The molecule has 5 aliphatic heterocycles. The Morgan fingerprint density at radius 2 is 1.34 bits per heavy atom. The number of nitrogens with zero attached hydrogens (tertiary/aromatic N) is 7. The number of alkyl halides is 3. The summed E-state index contributed by atoms with van der Waals surface area (Å²) < 4.78 is 40.8. The minimum absolute atomic E-state index is 0.00236. The lowest BCUT2D eigenvalue weighted by Gasteiger charge is -2.40. The van der Waals surface area contributed by atoms with Crippen molar-refractivity contribution >= 4 is 46.4 Å². The van der Waals surface area contributed by atoms with Gasteiger partial charge in [0.15, 0.2) is 5.78 Å². The van der Waals surface area contributed by atoms with Crippen molar-refractivity contribution in [2.75, 3.05) is 86.7 Å². The van der Waals surface area contributed by atoms with Crippen molar-refractivity contribution in [1.29, 1.82) is 5.26 Å². The first kappa shape index (κ1) is 41.6. The van der Waals surface area contributed by atoms with Crippen molar-refractivity contribution in [1.82, 2.24) is 14.7 Å². The number of ketones is 2. The van der Waals surface area contributed by atoms with Gasteiger partial charge >= 0.3 is 6.18 Å². The number of fused-ring (bicyclic) bond motifs is 1. The highest BCUT2D eigenvalue weighted by Crippen LogP contribution is 2.44. The zero-order valence-electron chi connectivity index (χ0n) is 34.7. The highest BCUT2D eigenvalue weighted by atomic mass is 19.4. The van der Waals surface area contributed by atoms with E-state index in [9.17, 15) is 42.4 Å². The van der Waals surface area contributed by atoms with Crippen LogP contribution < -0.4 is 14.7 Å². The quantitative estimate of drug-likeness (QED) is 0.205. The smallest absolute Gasteiger partial charge is 0.371 e. The van der Waals surface area contributed by atoms with E-state index in [2.05, 4.69) is 14.7 Å². The Morgan fingerprint density at radius 3 is 2.02 bits per heavy atom. The Morgan fingerprint density at radius 1 is 0.710 bits per heavy atom. The van der Waals surface area contributed by atoms with Crippen LogP contribution in [0.5, 0.6) is 0 Å². The average molecular weight is 850 g/mol. The van der Waals surface area contributed by atoms with Crippen LogP contribution in [-0.4, -0.2) is 122 Å². The van der Waals surface area contributed by atoms with Crippen molar-refractivity contribution in [2.24, 2.45) is 11.3 Å². The second kappa shape index (κ2) is 16.5. The van der Waals surface area contributed by atoms with Crippen LogP contribution in [-0.2, 0) is 15.8 Å². The Bertz CT molecular complexity index is 2320. The lowest BCUT2D eigenvalue weighted by molar-refractivity contribution is -0.138. The third kappa shape index (κ3) is 8.05. The number of halogens is 3. The van der Waals surface area contributed by atoms with Crippen LogP contribution in [0, 0.1) is 22.7 Å². The van der Waals surface area contributed by atoms with E-state index in [1.165, 1.54) is 6.07 Å². The fraction of sp³-hybridized carbons (Fsp3) is 0.489. The summed E-state index contributed by atoms with van der Waals surface area (Å²) in [6.07, 6.45) is 0.000146. The summed E-state index contributed by atoms with van der Waals surface area (Å²) in [5.74, 6) is -0.889. The molecule has 1 aliphatic carbocycles. The van der Waals surface area contributed by atoms with Crippen molar-refractivity contribution in [3.05, 3.63) is 88.5 Å². The molecule has 0 bridgehead atoms. The molecule has 9 rings (SSSR count). The largest absolute Gasteiger partial charge is 0.417 e. The number of rotatable bonds is 7. The van der Waals surface area contributed by atoms with Gasteiger partial charge in [0.25, 0.3) is 17.7 Å². The summed E-state index contributed by atoms with van der Waals surface area (Å²) >= 11 is 0. The SMILES string of the molecule is N#Cc1ccc(N2CCC3(CCN(C(=O)c4ccc(N5CCN(CC6CCN(c7ccc8c(c7)C(=O)N(C7CCC(=O)CC7=O)C8=O)CC6)CC5)cc4)CC3)C2)cc1C(F)(F)F.